The van der Waals surface area contributed by atoms with Crippen LogP contribution in [0.3, 0.4) is 0 Å². The van der Waals surface area contributed by atoms with Gasteiger partial charge in [-0.3, -0.25) is 0 Å². The van der Waals surface area contributed by atoms with Gasteiger partial charge in [0.05, 0.1) is 5.69 Å². The van der Waals surface area contributed by atoms with E-state index in [4.69, 9.17) is 10.7 Å². The van der Waals surface area contributed by atoms with Crippen LogP contribution < -0.4 is 10.6 Å². The molecule has 2 aromatic rings. The Labute approximate surface area is 122 Å². The predicted octanol–water partition coefficient (Wildman–Crippen LogP) is 3.25. The lowest BCUT2D eigenvalue weighted by molar-refractivity contribution is 0.573. The Hall–Kier alpha value is -1.46. The number of nitrogens with zero attached hydrogens (tertiary/aromatic N) is 2. The standard InChI is InChI=1S/C15H18FN3S/c1-19(9-10-5-7-11(16)8-6-10)15-18-13-4-2-3-12(17)14(13)20-15/h5-8,12H,2-4,9,17H2,1H3. The number of fused-ring (bicyclic) bond motifs is 1. The number of halogens is 1. The monoisotopic (exact) mass is 291 g/mol. The first-order valence-corrected chi connectivity index (χ1v) is 7.66. The van der Waals surface area contributed by atoms with E-state index in [9.17, 15) is 4.39 Å². The first-order valence-electron chi connectivity index (χ1n) is 6.84. The molecule has 3 rings (SSSR count). The molecule has 0 saturated carbocycles. The van der Waals surface area contributed by atoms with Crippen molar-refractivity contribution >= 4 is 16.5 Å². The van der Waals surface area contributed by atoms with Crippen molar-refractivity contribution in [1.29, 1.82) is 0 Å². The second kappa shape index (κ2) is 5.50. The normalized spacial score (nSPS) is 17.9. The highest BCUT2D eigenvalue weighted by Crippen LogP contribution is 2.36. The summed E-state index contributed by atoms with van der Waals surface area (Å²) >= 11 is 1.69. The molecule has 5 heteroatoms. The van der Waals surface area contributed by atoms with Gasteiger partial charge in [0.25, 0.3) is 0 Å². The van der Waals surface area contributed by atoms with E-state index in [0.717, 1.165) is 42.2 Å². The van der Waals surface area contributed by atoms with Crippen LogP contribution in [-0.2, 0) is 13.0 Å². The number of hydrogen-bond donors (Lipinski definition) is 1. The van der Waals surface area contributed by atoms with Crippen LogP contribution in [0.1, 0.15) is 35.0 Å². The van der Waals surface area contributed by atoms with Gasteiger partial charge in [0, 0.05) is 24.5 Å². The Morgan fingerprint density at radius 3 is 2.85 bits per heavy atom. The lowest BCUT2D eigenvalue weighted by Gasteiger charge is -2.16. The predicted molar refractivity (Wildman–Crippen MR) is 80.5 cm³/mol. The number of rotatable bonds is 3. The topological polar surface area (TPSA) is 42.2 Å². The average molecular weight is 291 g/mol. The fourth-order valence-corrected chi connectivity index (χ4v) is 3.64. The molecule has 1 aromatic carbocycles. The van der Waals surface area contributed by atoms with Crippen molar-refractivity contribution in [3.05, 3.63) is 46.2 Å². The molecule has 0 radical (unpaired) electrons. The molecule has 1 heterocycles. The van der Waals surface area contributed by atoms with Gasteiger partial charge in [-0.1, -0.05) is 23.5 Å². The van der Waals surface area contributed by atoms with Gasteiger partial charge in [0.2, 0.25) is 0 Å². The fraction of sp³-hybridized carbons (Fsp3) is 0.400. The summed E-state index contributed by atoms with van der Waals surface area (Å²) in [5.41, 5.74) is 8.38. The number of benzene rings is 1. The van der Waals surface area contributed by atoms with Crippen molar-refractivity contribution in [1.82, 2.24) is 4.98 Å². The van der Waals surface area contributed by atoms with Crippen LogP contribution in [-0.4, -0.2) is 12.0 Å². The van der Waals surface area contributed by atoms with Gasteiger partial charge >= 0.3 is 0 Å². The number of aromatic nitrogens is 1. The van der Waals surface area contributed by atoms with E-state index >= 15 is 0 Å². The Morgan fingerprint density at radius 1 is 1.40 bits per heavy atom. The van der Waals surface area contributed by atoms with Crippen LogP contribution in [0.2, 0.25) is 0 Å². The molecule has 0 bridgehead atoms. The van der Waals surface area contributed by atoms with E-state index in [0.29, 0.717) is 0 Å². The second-order valence-electron chi connectivity index (χ2n) is 5.29. The van der Waals surface area contributed by atoms with Crippen molar-refractivity contribution in [3.8, 4) is 0 Å². The van der Waals surface area contributed by atoms with E-state index in [1.807, 2.05) is 19.2 Å². The maximum atomic E-state index is 12.9. The summed E-state index contributed by atoms with van der Waals surface area (Å²) < 4.78 is 12.9. The third-order valence-corrected chi connectivity index (χ3v) is 4.99. The lowest BCUT2D eigenvalue weighted by Crippen LogP contribution is -2.16. The molecule has 0 fully saturated rings. The minimum atomic E-state index is -0.202. The number of nitrogens with two attached hydrogens (primary N) is 1. The van der Waals surface area contributed by atoms with Crippen molar-refractivity contribution < 1.29 is 4.39 Å². The SMILES string of the molecule is CN(Cc1ccc(F)cc1)c1nc2c(s1)C(N)CCC2. The number of hydrogen-bond acceptors (Lipinski definition) is 4. The highest BCUT2D eigenvalue weighted by Gasteiger charge is 2.22. The Balaban J connectivity index is 1.77. The average Bonchev–Trinajstić information content (AvgIpc) is 2.87. The largest absolute Gasteiger partial charge is 0.347 e. The summed E-state index contributed by atoms with van der Waals surface area (Å²) in [6.07, 6.45) is 3.21. The quantitative estimate of drug-likeness (QED) is 0.944. The molecule has 3 nitrogen and oxygen atoms in total. The zero-order chi connectivity index (χ0) is 14.1. The fourth-order valence-electron chi connectivity index (χ4n) is 2.53. The highest BCUT2D eigenvalue weighted by molar-refractivity contribution is 7.15. The zero-order valence-electron chi connectivity index (χ0n) is 11.5. The van der Waals surface area contributed by atoms with Gasteiger partial charge in [0.15, 0.2) is 5.13 Å². The van der Waals surface area contributed by atoms with Gasteiger partial charge in [-0.2, -0.15) is 0 Å². The summed E-state index contributed by atoms with van der Waals surface area (Å²) in [4.78, 5) is 8.04. The van der Waals surface area contributed by atoms with E-state index < -0.39 is 0 Å². The van der Waals surface area contributed by atoms with Gasteiger partial charge in [-0.15, -0.1) is 0 Å². The van der Waals surface area contributed by atoms with E-state index in [-0.39, 0.29) is 11.9 Å². The van der Waals surface area contributed by atoms with Gasteiger partial charge in [-0.05, 0) is 37.0 Å². The molecule has 1 unspecified atom stereocenters. The first kappa shape index (κ1) is 13.5. The second-order valence-corrected chi connectivity index (χ2v) is 6.30. The van der Waals surface area contributed by atoms with Gasteiger partial charge in [-0.25, -0.2) is 9.37 Å². The molecule has 1 atom stereocenters. The molecule has 0 aliphatic heterocycles. The molecule has 0 spiro atoms. The number of thiazole rings is 1. The molecule has 1 aliphatic carbocycles. The van der Waals surface area contributed by atoms with Crippen LogP contribution in [0.5, 0.6) is 0 Å². The molecule has 106 valence electrons. The van der Waals surface area contributed by atoms with Crippen LogP contribution in [0.15, 0.2) is 24.3 Å². The minimum absolute atomic E-state index is 0.143. The van der Waals surface area contributed by atoms with Gasteiger partial charge in [0.1, 0.15) is 5.82 Å². The summed E-state index contributed by atoms with van der Waals surface area (Å²) in [5.74, 6) is -0.202. The Morgan fingerprint density at radius 2 is 2.15 bits per heavy atom. The summed E-state index contributed by atoms with van der Waals surface area (Å²) in [5, 5.41) is 0.997. The van der Waals surface area contributed by atoms with Crippen molar-refractivity contribution in [2.24, 2.45) is 5.73 Å². The van der Waals surface area contributed by atoms with E-state index in [2.05, 4.69) is 4.90 Å². The van der Waals surface area contributed by atoms with Crippen LogP contribution >= 0.6 is 11.3 Å². The van der Waals surface area contributed by atoms with Gasteiger partial charge < -0.3 is 10.6 Å². The smallest absolute Gasteiger partial charge is 0.185 e. The molecule has 1 aromatic heterocycles. The maximum Gasteiger partial charge on any atom is 0.185 e. The lowest BCUT2D eigenvalue weighted by atomic mass is 9.99. The Bertz CT molecular complexity index is 594. The van der Waals surface area contributed by atoms with Crippen molar-refractivity contribution in [2.45, 2.75) is 31.8 Å². The molecule has 0 saturated heterocycles. The molecule has 1 aliphatic rings. The zero-order valence-corrected chi connectivity index (χ0v) is 12.3. The Kier molecular flexibility index (Phi) is 3.72. The summed E-state index contributed by atoms with van der Waals surface area (Å²) in [7, 11) is 2.01. The molecule has 0 amide bonds. The third-order valence-electron chi connectivity index (χ3n) is 3.64. The van der Waals surface area contributed by atoms with E-state index in [1.54, 1.807) is 11.3 Å². The first-order chi connectivity index (χ1) is 9.63. The summed E-state index contributed by atoms with van der Waals surface area (Å²) in [6.45, 7) is 0.724. The summed E-state index contributed by atoms with van der Waals surface area (Å²) in [6, 6.07) is 6.75. The number of aryl methyl sites for hydroxylation is 1. The van der Waals surface area contributed by atoms with Crippen molar-refractivity contribution in [2.75, 3.05) is 11.9 Å². The molecular formula is C15H18FN3S. The highest BCUT2D eigenvalue weighted by atomic mass is 32.1. The van der Waals surface area contributed by atoms with Crippen molar-refractivity contribution in [3.63, 3.8) is 0 Å². The molecule has 20 heavy (non-hydrogen) atoms. The minimum Gasteiger partial charge on any atom is -0.347 e. The van der Waals surface area contributed by atoms with Crippen LogP contribution in [0.25, 0.3) is 0 Å². The number of anilines is 1. The van der Waals surface area contributed by atoms with Crippen LogP contribution in [0.4, 0.5) is 9.52 Å². The van der Waals surface area contributed by atoms with Crippen LogP contribution in [0, 0.1) is 5.82 Å². The molecule has 2 N–H and O–H groups in total. The molecular weight excluding hydrogens is 273 g/mol. The maximum absolute atomic E-state index is 12.9. The van der Waals surface area contributed by atoms with E-state index in [1.165, 1.54) is 17.0 Å². The third kappa shape index (κ3) is 2.69.